The number of ether oxygens (including phenoxy) is 1. The van der Waals surface area contributed by atoms with Crippen molar-refractivity contribution in [3.63, 3.8) is 0 Å². The molecule has 0 bridgehead atoms. The summed E-state index contributed by atoms with van der Waals surface area (Å²) in [6.45, 7) is 0.540. The summed E-state index contributed by atoms with van der Waals surface area (Å²) >= 11 is 6.11. The SMILES string of the molecule is OOOSCCCOc1ccc(N=NCl)cc1. The summed E-state index contributed by atoms with van der Waals surface area (Å²) in [5, 5.41) is 15.0. The Morgan fingerprint density at radius 3 is 2.71 bits per heavy atom. The van der Waals surface area contributed by atoms with Gasteiger partial charge in [0.25, 0.3) is 0 Å². The van der Waals surface area contributed by atoms with Crippen LogP contribution < -0.4 is 4.74 Å². The van der Waals surface area contributed by atoms with E-state index in [-0.39, 0.29) is 0 Å². The van der Waals surface area contributed by atoms with Gasteiger partial charge >= 0.3 is 0 Å². The van der Waals surface area contributed by atoms with Crippen LogP contribution in [0.25, 0.3) is 0 Å². The topological polar surface area (TPSA) is 72.6 Å². The molecule has 0 aliphatic heterocycles. The largest absolute Gasteiger partial charge is 0.494 e. The van der Waals surface area contributed by atoms with Gasteiger partial charge in [-0.25, -0.2) is 5.26 Å². The molecule has 8 heteroatoms. The predicted octanol–water partition coefficient (Wildman–Crippen LogP) is 3.76. The van der Waals surface area contributed by atoms with Gasteiger partial charge in [-0.1, -0.05) is 9.67 Å². The Balaban J connectivity index is 2.18. The molecule has 17 heavy (non-hydrogen) atoms. The lowest BCUT2D eigenvalue weighted by Crippen LogP contribution is -1.98. The highest BCUT2D eigenvalue weighted by Gasteiger charge is 1.96. The Hall–Kier alpha value is -0.860. The quantitative estimate of drug-likeness (QED) is 0.258. The van der Waals surface area contributed by atoms with Crippen molar-refractivity contribution in [2.75, 3.05) is 12.4 Å². The molecule has 0 saturated carbocycles. The van der Waals surface area contributed by atoms with Crippen LogP contribution in [0.2, 0.25) is 0 Å². The van der Waals surface area contributed by atoms with Crippen molar-refractivity contribution in [2.24, 2.45) is 9.75 Å². The average molecular weight is 279 g/mol. The lowest BCUT2D eigenvalue weighted by Gasteiger charge is -2.05. The minimum atomic E-state index is 0.540. The molecule has 0 spiro atoms. The van der Waals surface area contributed by atoms with Gasteiger partial charge in [0.05, 0.1) is 24.1 Å². The van der Waals surface area contributed by atoms with E-state index >= 15 is 0 Å². The number of nitrogens with zero attached hydrogens (tertiary/aromatic N) is 2. The van der Waals surface area contributed by atoms with E-state index in [4.69, 9.17) is 21.8 Å². The Morgan fingerprint density at radius 1 is 1.29 bits per heavy atom. The van der Waals surface area contributed by atoms with Crippen molar-refractivity contribution in [1.29, 1.82) is 0 Å². The van der Waals surface area contributed by atoms with Crippen LogP contribution in [0, 0.1) is 0 Å². The van der Waals surface area contributed by atoms with Crippen molar-refractivity contribution < 1.29 is 19.4 Å². The molecule has 94 valence electrons. The van der Waals surface area contributed by atoms with Crippen LogP contribution in [0.4, 0.5) is 5.69 Å². The molecule has 6 nitrogen and oxygen atoms in total. The third-order valence-corrected chi connectivity index (χ3v) is 2.40. The fourth-order valence-electron chi connectivity index (χ4n) is 1.02. The zero-order valence-electron chi connectivity index (χ0n) is 8.78. The first-order valence-corrected chi connectivity index (χ1v) is 5.96. The van der Waals surface area contributed by atoms with Gasteiger partial charge in [-0.15, -0.1) is 9.45 Å². The number of halogens is 1. The van der Waals surface area contributed by atoms with Crippen molar-refractivity contribution in [2.45, 2.75) is 6.42 Å². The molecule has 0 aromatic heterocycles. The fraction of sp³-hybridized carbons (Fsp3) is 0.333. The van der Waals surface area contributed by atoms with E-state index in [2.05, 4.69) is 19.1 Å². The minimum absolute atomic E-state index is 0.540. The summed E-state index contributed by atoms with van der Waals surface area (Å²) in [6.07, 6.45) is 0.761. The molecule has 1 aromatic carbocycles. The maximum Gasteiger partial charge on any atom is 0.119 e. The Kier molecular flexibility index (Phi) is 7.69. The number of hydrogen-bond donors (Lipinski definition) is 1. The molecule has 0 aliphatic carbocycles. The summed E-state index contributed by atoms with van der Waals surface area (Å²) in [6, 6.07) is 7.06. The lowest BCUT2D eigenvalue weighted by atomic mass is 10.3. The molecule has 0 heterocycles. The highest BCUT2D eigenvalue weighted by atomic mass is 35.5. The smallest absolute Gasteiger partial charge is 0.119 e. The Morgan fingerprint density at radius 2 is 2.06 bits per heavy atom. The Labute approximate surface area is 108 Å². The first-order chi connectivity index (χ1) is 8.36. The Bertz CT molecular complexity index is 336. The molecule has 1 N–H and O–H groups in total. The van der Waals surface area contributed by atoms with Crippen molar-refractivity contribution in [3.8, 4) is 5.75 Å². The maximum absolute atomic E-state index is 7.87. The number of rotatable bonds is 8. The first-order valence-electron chi connectivity index (χ1n) is 4.71. The molecule has 0 radical (unpaired) electrons. The molecule has 0 saturated heterocycles. The molecular weight excluding hydrogens is 268 g/mol. The zero-order chi connectivity index (χ0) is 12.3. The highest BCUT2D eigenvalue weighted by Crippen LogP contribution is 2.19. The van der Waals surface area contributed by atoms with Crippen LogP contribution in [0.15, 0.2) is 34.0 Å². The molecule has 0 atom stereocenters. The van der Waals surface area contributed by atoms with Gasteiger partial charge in [-0.05, 0) is 30.7 Å². The number of hydrogen-bond acceptors (Lipinski definition) is 7. The molecule has 1 aromatic rings. The molecule has 0 fully saturated rings. The molecule has 0 aliphatic rings. The first kappa shape index (κ1) is 14.2. The van der Waals surface area contributed by atoms with E-state index in [1.807, 2.05) is 0 Å². The number of benzene rings is 1. The van der Waals surface area contributed by atoms with Crippen LogP contribution in [0.5, 0.6) is 5.75 Å². The van der Waals surface area contributed by atoms with Gasteiger partial charge in [-0.2, -0.15) is 0 Å². The van der Waals surface area contributed by atoms with E-state index in [0.29, 0.717) is 18.0 Å². The average Bonchev–Trinajstić information content (AvgIpc) is 2.36. The van der Waals surface area contributed by atoms with E-state index < -0.39 is 0 Å². The van der Waals surface area contributed by atoms with Crippen molar-refractivity contribution in [1.82, 2.24) is 0 Å². The molecule has 0 amide bonds. The summed E-state index contributed by atoms with van der Waals surface area (Å²) in [4.78, 5) is 0. The predicted molar refractivity (Wildman–Crippen MR) is 64.2 cm³/mol. The van der Waals surface area contributed by atoms with Gasteiger partial charge in [-0.3, -0.25) is 0 Å². The van der Waals surface area contributed by atoms with E-state index in [9.17, 15) is 0 Å². The summed E-state index contributed by atoms with van der Waals surface area (Å²) < 4.78 is 12.8. The highest BCUT2D eigenvalue weighted by molar-refractivity contribution is 7.94. The summed E-state index contributed by atoms with van der Waals surface area (Å²) in [5.41, 5.74) is 0.663. The molecule has 0 unspecified atom stereocenters. The second kappa shape index (κ2) is 9.20. The minimum Gasteiger partial charge on any atom is -0.494 e. The standard InChI is InChI=1S/C9H11ClN2O4S/c10-12-11-8-2-4-9(5-3-8)14-6-1-7-17-16-15-13/h2-5,13H,1,6-7H2. The second-order valence-electron chi connectivity index (χ2n) is 2.84. The van der Waals surface area contributed by atoms with Crippen LogP contribution in [-0.2, 0) is 9.37 Å². The third kappa shape index (κ3) is 6.44. The molecule has 1 rings (SSSR count). The van der Waals surface area contributed by atoms with Crippen molar-refractivity contribution >= 4 is 29.5 Å². The van der Waals surface area contributed by atoms with Gasteiger partial charge in [0.2, 0.25) is 0 Å². The van der Waals surface area contributed by atoms with E-state index in [1.54, 1.807) is 24.3 Å². The third-order valence-electron chi connectivity index (χ3n) is 1.71. The van der Waals surface area contributed by atoms with Crippen LogP contribution >= 0.6 is 23.8 Å². The van der Waals surface area contributed by atoms with Gasteiger partial charge < -0.3 is 4.74 Å². The van der Waals surface area contributed by atoms with Crippen molar-refractivity contribution in [3.05, 3.63) is 24.3 Å². The monoisotopic (exact) mass is 278 g/mol. The maximum atomic E-state index is 7.87. The van der Waals surface area contributed by atoms with Gasteiger partial charge in [0.1, 0.15) is 5.75 Å². The zero-order valence-corrected chi connectivity index (χ0v) is 10.4. The summed E-state index contributed by atoms with van der Waals surface area (Å²) in [7, 11) is 0. The van der Waals surface area contributed by atoms with Crippen LogP contribution in [-0.4, -0.2) is 17.6 Å². The fourth-order valence-corrected chi connectivity index (χ4v) is 1.45. The molecular formula is C9H11ClN2O4S. The van der Waals surface area contributed by atoms with E-state index in [1.165, 1.54) is 0 Å². The van der Waals surface area contributed by atoms with Crippen LogP contribution in [0.1, 0.15) is 6.42 Å². The lowest BCUT2D eigenvalue weighted by molar-refractivity contribution is -0.432. The normalized spacial score (nSPS) is 10.9. The van der Waals surface area contributed by atoms with Crippen LogP contribution in [0.3, 0.4) is 0 Å². The van der Waals surface area contributed by atoms with Gasteiger partial charge in [0.15, 0.2) is 0 Å². The van der Waals surface area contributed by atoms with Gasteiger partial charge in [0, 0.05) is 17.8 Å². The van der Waals surface area contributed by atoms with E-state index in [0.717, 1.165) is 24.2 Å². The summed E-state index contributed by atoms with van der Waals surface area (Å²) in [5.74, 6) is 1.39. The second-order valence-corrected chi connectivity index (χ2v) is 3.77.